The third-order valence-corrected chi connectivity index (χ3v) is 4.72. The molecule has 1 N–H and O–H groups in total. The van der Waals surface area contributed by atoms with E-state index in [-0.39, 0.29) is 5.91 Å². The normalized spacial score (nSPS) is 10.6. The zero-order chi connectivity index (χ0) is 20.4. The van der Waals surface area contributed by atoms with E-state index in [0.717, 1.165) is 35.5 Å². The van der Waals surface area contributed by atoms with Gasteiger partial charge in [-0.3, -0.25) is 10.2 Å². The highest BCUT2D eigenvalue weighted by Gasteiger charge is 2.13. The smallest absolute Gasteiger partial charge is 0.242 e. The Morgan fingerprint density at radius 2 is 1.75 bits per heavy atom. The summed E-state index contributed by atoms with van der Waals surface area (Å²) in [4.78, 5) is 12.2. The van der Waals surface area contributed by atoms with Gasteiger partial charge in [0, 0.05) is 13.0 Å². The molecule has 28 heavy (non-hydrogen) atoms. The van der Waals surface area contributed by atoms with Crippen molar-refractivity contribution in [3.8, 4) is 5.75 Å². The van der Waals surface area contributed by atoms with Crippen molar-refractivity contribution < 1.29 is 9.53 Å². The summed E-state index contributed by atoms with van der Waals surface area (Å²) in [6.45, 7) is 8.58. The molecule has 0 atom stereocenters. The first kappa shape index (κ1) is 21.8. The van der Waals surface area contributed by atoms with E-state index in [1.54, 1.807) is 11.9 Å². The van der Waals surface area contributed by atoms with Crippen molar-refractivity contribution >= 4 is 17.3 Å². The molecule has 0 heterocycles. The lowest BCUT2D eigenvalue weighted by molar-refractivity contribution is -0.116. The maximum absolute atomic E-state index is 12.2. The average Bonchev–Trinajstić information content (AvgIpc) is 2.70. The van der Waals surface area contributed by atoms with Crippen LogP contribution in [0.5, 0.6) is 5.75 Å². The van der Waals surface area contributed by atoms with Crippen molar-refractivity contribution in [3.05, 3.63) is 53.6 Å². The van der Waals surface area contributed by atoms with Crippen LogP contribution in [0.2, 0.25) is 0 Å². The van der Waals surface area contributed by atoms with Crippen LogP contribution in [0.1, 0.15) is 64.0 Å². The summed E-state index contributed by atoms with van der Waals surface area (Å²) in [5.74, 6) is 0.782. The van der Waals surface area contributed by atoms with Gasteiger partial charge in [-0.05, 0) is 55.5 Å². The van der Waals surface area contributed by atoms with E-state index in [4.69, 9.17) is 4.74 Å². The minimum absolute atomic E-state index is 0.0627. The number of hydrogen-bond acceptors (Lipinski definition) is 3. The number of nitrogens with zero attached hydrogens (tertiary/aromatic N) is 1. The second kappa shape index (κ2) is 11.4. The number of rotatable bonds is 11. The van der Waals surface area contributed by atoms with Crippen LogP contribution in [0.25, 0.3) is 0 Å². The first-order valence-corrected chi connectivity index (χ1v) is 10.4. The van der Waals surface area contributed by atoms with Gasteiger partial charge in [0.1, 0.15) is 5.75 Å². The van der Waals surface area contributed by atoms with Crippen LogP contribution in [-0.4, -0.2) is 12.5 Å². The zero-order valence-corrected chi connectivity index (χ0v) is 17.8. The van der Waals surface area contributed by atoms with Gasteiger partial charge in [-0.2, -0.15) is 0 Å². The van der Waals surface area contributed by atoms with Crippen LogP contribution >= 0.6 is 0 Å². The van der Waals surface area contributed by atoms with E-state index >= 15 is 0 Å². The molecule has 2 rings (SSSR count). The fourth-order valence-corrected chi connectivity index (χ4v) is 3.06. The Balaban J connectivity index is 2.08. The van der Waals surface area contributed by atoms with Gasteiger partial charge in [0.25, 0.3) is 0 Å². The maximum Gasteiger partial charge on any atom is 0.242 e. The molecule has 2 aromatic rings. The van der Waals surface area contributed by atoms with Crippen molar-refractivity contribution in [2.45, 2.75) is 66.2 Å². The van der Waals surface area contributed by atoms with Crippen molar-refractivity contribution in [1.82, 2.24) is 0 Å². The van der Waals surface area contributed by atoms with Gasteiger partial charge in [-0.1, -0.05) is 51.3 Å². The number of carbonyl (C=O) groups excluding carboxylic acids is 1. The molecule has 0 aliphatic carbocycles. The van der Waals surface area contributed by atoms with Gasteiger partial charge in [0.2, 0.25) is 5.91 Å². The molecule has 0 saturated heterocycles. The fourth-order valence-electron chi connectivity index (χ4n) is 3.06. The van der Waals surface area contributed by atoms with Crippen LogP contribution in [-0.2, 0) is 11.2 Å². The van der Waals surface area contributed by atoms with Gasteiger partial charge >= 0.3 is 0 Å². The standard InChI is InChI=1S/C24H34N2O2/c1-5-7-8-9-10-21-12-15-23(16-13-21)26(20(4)27)25-22-14-11-19(3)24(18-22)28-17-6-2/h11-16,18,25H,5-10,17H2,1-4H3. The highest BCUT2D eigenvalue weighted by Crippen LogP contribution is 2.25. The van der Waals surface area contributed by atoms with Gasteiger partial charge in [-0.25, -0.2) is 5.01 Å². The number of benzene rings is 2. The predicted octanol–water partition coefficient (Wildman–Crippen LogP) is 6.29. The Kier molecular flexibility index (Phi) is 8.86. The second-order valence-electron chi connectivity index (χ2n) is 7.27. The topological polar surface area (TPSA) is 41.6 Å². The molecule has 4 nitrogen and oxygen atoms in total. The average molecular weight is 383 g/mol. The van der Waals surface area contributed by atoms with Gasteiger partial charge < -0.3 is 4.74 Å². The molecule has 152 valence electrons. The summed E-state index contributed by atoms with van der Waals surface area (Å²) in [7, 11) is 0. The van der Waals surface area contributed by atoms with Gasteiger partial charge in [0.15, 0.2) is 0 Å². The number of unbranched alkanes of at least 4 members (excludes halogenated alkanes) is 3. The van der Waals surface area contributed by atoms with Crippen molar-refractivity contribution in [2.75, 3.05) is 17.0 Å². The number of hydrogen-bond donors (Lipinski definition) is 1. The van der Waals surface area contributed by atoms with E-state index in [1.165, 1.54) is 31.2 Å². The molecule has 4 heteroatoms. The fraction of sp³-hybridized carbons (Fsp3) is 0.458. The lowest BCUT2D eigenvalue weighted by atomic mass is 10.1. The molecule has 0 unspecified atom stereocenters. The first-order valence-electron chi connectivity index (χ1n) is 10.4. The Morgan fingerprint density at radius 3 is 2.39 bits per heavy atom. The van der Waals surface area contributed by atoms with Crippen LogP contribution < -0.4 is 15.2 Å². The molecular formula is C24H34N2O2. The summed E-state index contributed by atoms with van der Waals surface area (Å²) >= 11 is 0. The van der Waals surface area contributed by atoms with Crippen LogP contribution in [0.15, 0.2) is 42.5 Å². The van der Waals surface area contributed by atoms with Crippen LogP contribution in [0, 0.1) is 6.92 Å². The highest BCUT2D eigenvalue weighted by molar-refractivity contribution is 5.93. The van der Waals surface area contributed by atoms with Gasteiger partial charge in [0.05, 0.1) is 18.0 Å². The molecule has 0 radical (unpaired) electrons. The quantitative estimate of drug-likeness (QED) is 0.367. The third kappa shape index (κ3) is 6.59. The van der Waals surface area contributed by atoms with Crippen LogP contribution in [0.3, 0.4) is 0 Å². The summed E-state index contributed by atoms with van der Waals surface area (Å²) < 4.78 is 5.80. The predicted molar refractivity (Wildman–Crippen MR) is 118 cm³/mol. The number of anilines is 2. The van der Waals surface area contributed by atoms with Crippen LogP contribution in [0.4, 0.5) is 11.4 Å². The Morgan fingerprint density at radius 1 is 1.00 bits per heavy atom. The number of carbonyl (C=O) groups is 1. The number of ether oxygens (including phenoxy) is 1. The molecule has 0 aliphatic heterocycles. The first-order chi connectivity index (χ1) is 13.5. The largest absolute Gasteiger partial charge is 0.493 e. The highest BCUT2D eigenvalue weighted by atomic mass is 16.5. The SMILES string of the molecule is CCCCCCc1ccc(N(Nc2ccc(C)c(OCCC)c2)C(C)=O)cc1. The molecular weight excluding hydrogens is 348 g/mol. The van der Waals surface area contributed by atoms with E-state index in [2.05, 4.69) is 31.4 Å². The molecule has 2 aromatic carbocycles. The summed E-state index contributed by atoms with van der Waals surface area (Å²) in [5.41, 5.74) is 7.28. The monoisotopic (exact) mass is 382 g/mol. The Hall–Kier alpha value is -2.49. The molecule has 1 amide bonds. The lowest BCUT2D eigenvalue weighted by Crippen LogP contribution is -2.34. The molecule has 0 bridgehead atoms. The van der Waals surface area contributed by atoms with Crippen molar-refractivity contribution in [1.29, 1.82) is 0 Å². The number of hydrazine groups is 1. The van der Waals surface area contributed by atoms with Crippen molar-refractivity contribution in [3.63, 3.8) is 0 Å². The second-order valence-corrected chi connectivity index (χ2v) is 7.27. The number of amides is 1. The van der Waals surface area contributed by atoms with E-state index in [9.17, 15) is 4.79 Å². The Bertz CT molecular complexity index is 741. The van der Waals surface area contributed by atoms with E-state index in [0.29, 0.717) is 6.61 Å². The summed E-state index contributed by atoms with van der Waals surface area (Å²) in [6.07, 6.45) is 7.08. The molecule has 0 saturated carbocycles. The summed E-state index contributed by atoms with van der Waals surface area (Å²) in [5, 5.41) is 1.58. The Labute approximate surface area is 169 Å². The number of nitrogens with one attached hydrogen (secondary N) is 1. The minimum Gasteiger partial charge on any atom is -0.493 e. The minimum atomic E-state index is -0.0627. The van der Waals surface area contributed by atoms with E-state index in [1.807, 2.05) is 37.3 Å². The maximum atomic E-state index is 12.2. The summed E-state index contributed by atoms with van der Waals surface area (Å²) in [6, 6.07) is 14.2. The number of aryl methyl sites for hydroxylation is 2. The zero-order valence-electron chi connectivity index (χ0n) is 17.8. The van der Waals surface area contributed by atoms with Crippen molar-refractivity contribution in [2.24, 2.45) is 0 Å². The van der Waals surface area contributed by atoms with Gasteiger partial charge in [-0.15, -0.1) is 0 Å². The molecule has 0 aliphatic rings. The lowest BCUT2D eigenvalue weighted by Gasteiger charge is -2.24. The third-order valence-electron chi connectivity index (χ3n) is 4.72. The molecule has 0 spiro atoms. The van der Waals surface area contributed by atoms with E-state index < -0.39 is 0 Å². The molecule has 0 aromatic heterocycles. The molecule has 0 fully saturated rings.